The van der Waals surface area contributed by atoms with Gasteiger partial charge in [-0.3, -0.25) is 9.97 Å². The van der Waals surface area contributed by atoms with Gasteiger partial charge in [-0.1, -0.05) is 12.1 Å². The summed E-state index contributed by atoms with van der Waals surface area (Å²) in [4.78, 5) is 8.24. The summed E-state index contributed by atoms with van der Waals surface area (Å²) in [6.45, 7) is 3.77. The Bertz CT molecular complexity index is 751. The average molecular weight is 350 g/mol. The first-order valence-electron chi connectivity index (χ1n) is 8.12. The van der Waals surface area contributed by atoms with E-state index in [-0.39, 0.29) is 11.7 Å². The second-order valence-corrected chi connectivity index (χ2v) is 5.57. The van der Waals surface area contributed by atoms with Crippen molar-refractivity contribution >= 4 is 23.1 Å². The molecule has 0 saturated heterocycles. The van der Waals surface area contributed by atoms with Gasteiger partial charge in [0.2, 0.25) is 0 Å². The summed E-state index contributed by atoms with van der Waals surface area (Å²) in [5.74, 6) is 0.561. The van der Waals surface area contributed by atoms with E-state index >= 15 is 0 Å². The molecule has 0 fully saturated rings. The minimum Gasteiger partial charge on any atom is -0.380 e. The molecule has 8 nitrogen and oxygen atoms in total. The van der Waals surface area contributed by atoms with Crippen LogP contribution in [-0.4, -0.2) is 33.1 Å². The molecular formula is C18H22N8. The smallest absolute Gasteiger partial charge is 0.171 e. The van der Waals surface area contributed by atoms with Gasteiger partial charge in [-0.2, -0.15) is 10.2 Å². The average Bonchev–Trinajstić information content (AvgIpc) is 2.69. The van der Waals surface area contributed by atoms with Crippen molar-refractivity contribution in [2.45, 2.75) is 26.7 Å². The predicted molar refractivity (Wildman–Crippen MR) is 105 cm³/mol. The minimum atomic E-state index is 0.281. The molecule has 2 aromatic heterocycles. The third-order valence-corrected chi connectivity index (χ3v) is 3.36. The molecule has 2 rings (SSSR count). The number of nitrogens with two attached hydrogens (primary N) is 2. The SMILES string of the molecule is C/C(CC/C(C)=N/N=C(N)c1ccccn1)=N/N=C(N)c1ccccn1. The highest BCUT2D eigenvalue weighted by atomic mass is 15.2. The maximum atomic E-state index is 5.85. The summed E-state index contributed by atoms with van der Waals surface area (Å²) in [6.07, 6.45) is 4.69. The van der Waals surface area contributed by atoms with Crippen molar-refractivity contribution in [1.82, 2.24) is 9.97 Å². The molecule has 0 aliphatic rings. The molecule has 26 heavy (non-hydrogen) atoms. The zero-order valence-electron chi connectivity index (χ0n) is 14.9. The number of aromatic nitrogens is 2. The summed E-state index contributed by atoms with van der Waals surface area (Å²) >= 11 is 0. The van der Waals surface area contributed by atoms with Crippen LogP contribution in [0.5, 0.6) is 0 Å². The highest BCUT2D eigenvalue weighted by Crippen LogP contribution is 2.00. The van der Waals surface area contributed by atoms with E-state index in [0.29, 0.717) is 24.2 Å². The van der Waals surface area contributed by atoms with Gasteiger partial charge >= 0.3 is 0 Å². The van der Waals surface area contributed by atoms with E-state index in [0.717, 1.165) is 11.4 Å². The van der Waals surface area contributed by atoms with Gasteiger partial charge in [0, 0.05) is 23.8 Å². The van der Waals surface area contributed by atoms with E-state index in [4.69, 9.17) is 11.5 Å². The van der Waals surface area contributed by atoms with Crippen LogP contribution in [0.15, 0.2) is 69.2 Å². The normalized spacial score (nSPS) is 13.8. The predicted octanol–water partition coefficient (Wildman–Crippen LogP) is 2.12. The molecule has 2 heterocycles. The van der Waals surface area contributed by atoms with Gasteiger partial charge in [0.05, 0.1) is 0 Å². The molecule has 0 unspecified atom stereocenters. The summed E-state index contributed by atoms with van der Waals surface area (Å²) in [6, 6.07) is 10.9. The minimum absolute atomic E-state index is 0.281. The number of rotatable bonds is 7. The van der Waals surface area contributed by atoms with Gasteiger partial charge in [0.25, 0.3) is 0 Å². The Morgan fingerprint density at radius 3 is 1.50 bits per heavy atom. The van der Waals surface area contributed by atoms with E-state index in [1.165, 1.54) is 0 Å². The molecule has 0 atom stereocenters. The lowest BCUT2D eigenvalue weighted by molar-refractivity contribution is 1.06. The van der Waals surface area contributed by atoms with Gasteiger partial charge in [0.15, 0.2) is 11.7 Å². The Labute approximate surface area is 152 Å². The van der Waals surface area contributed by atoms with E-state index < -0.39 is 0 Å². The van der Waals surface area contributed by atoms with Gasteiger partial charge in [-0.05, 0) is 51.0 Å². The summed E-state index contributed by atoms with van der Waals surface area (Å²) in [7, 11) is 0. The van der Waals surface area contributed by atoms with E-state index in [2.05, 4.69) is 30.4 Å². The molecule has 4 N–H and O–H groups in total. The summed E-state index contributed by atoms with van der Waals surface area (Å²) in [5, 5.41) is 16.3. The van der Waals surface area contributed by atoms with Crippen LogP contribution in [0.25, 0.3) is 0 Å². The van der Waals surface area contributed by atoms with Crippen LogP contribution < -0.4 is 11.5 Å². The monoisotopic (exact) mass is 350 g/mol. The Morgan fingerprint density at radius 1 is 0.731 bits per heavy atom. The third kappa shape index (κ3) is 6.23. The lowest BCUT2D eigenvalue weighted by Crippen LogP contribution is -2.14. The number of nitrogens with zero attached hydrogens (tertiary/aromatic N) is 6. The molecule has 0 aromatic carbocycles. The van der Waals surface area contributed by atoms with Crippen LogP contribution in [0.4, 0.5) is 0 Å². The van der Waals surface area contributed by atoms with Crippen molar-refractivity contribution in [2.24, 2.45) is 31.9 Å². The third-order valence-electron chi connectivity index (χ3n) is 3.36. The van der Waals surface area contributed by atoms with Gasteiger partial charge in [-0.25, -0.2) is 0 Å². The van der Waals surface area contributed by atoms with E-state index in [1.54, 1.807) is 24.5 Å². The van der Waals surface area contributed by atoms with Crippen molar-refractivity contribution in [1.29, 1.82) is 0 Å². The standard InChI is InChI=1S/C18H22N8/c1-13(23-25-17(19)15-7-3-5-11-21-15)9-10-14(2)24-26-18(20)16-8-4-6-12-22-16/h3-8,11-12H,9-10H2,1-2H3,(H2,19,25)(H2,20,26)/b23-13-,24-14+. The molecule has 0 amide bonds. The van der Waals surface area contributed by atoms with Gasteiger partial charge in [0.1, 0.15) is 11.4 Å². The largest absolute Gasteiger partial charge is 0.380 e. The fourth-order valence-electron chi connectivity index (χ4n) is 1.87. The molecule has 0 saturated carbocycles. The molecule has 0 aliphatic heterocycles. The van der Waals surface area contributed by atoms with E-state index in [9.17, 15) is 0 Å². The molecule has 0 radical (unpaired) electrons. The van der Waals surface area contributed by atoms with Crippen LogP contribution in [0.2, 0.25) is 0 Å². The quantitative estimate of drug-likeness (QED) is 0.450. The van der Waals surface area contributed by atoms with Crippen LogP contribution >= 0.6 is 0 Å². The maximum absolute atomic E-state index is 5.85. The molecule has 8 heteroatoms. The number of pyridine rings is 2. The lowest BCUT2D eigenvalue weighted by atomic mass is 10.2. The first kappa shape index (κ1) is 18.9. The van der Waals surface area contributed by atoms with Crippen LogP contribution in [0.1, 0.15) is 38.1 Å². The Hall–Kier alpha value is -3.42. The molecule has 2 aromatic rings. The molecule has 0 aliphatic carbocycles. The van der Waals surface area contributed by atoms with Crippen molar-refractivity contribution < 1.29 is 0 Å². The number of hydrogen-bond acceptors (Lipinski definition) is 6. The molecule has 0 spiro atoms. The van der Waals surface area contributed by atoms with Crippen molar-refractivity contribution in [3.8, 4) is 0 Å². The van der Waals surface area contributed by atoms with Crippen molar-refractivity contribution in [3.63, 3.8) is 0 Å². The molecule has 134 valence electrons. The fraction of sp³-hybridized carbons (Fsp3) is 0.222. The maximum Gasteiger partial charge on any atom is 0.171 e. The van der Waals surface area contributed by atoms with Crippen LogP contribution in [0.3, 0.4) is 0 Å². The Morgan fingerprint density at radius 2 is 1.15 bits per heavy atom. The lowest BCUT2D eigenvalue weighted by Gasteiger charge is -2.00. The van der Waals surface area contributed by atoms with Gasteiger partial charge < -0.3 is 11.5 Å². The number of hydrogen-bond donors (Lipinski definition) is 2. The van der Waals surface area contributed by atoms with Crippen LogP contribution in [-0.2, 0) is 0 Å². The number of amidine groups is 2. The van der Waals surface area contributed by atoms with Gasteiger partial charge in [-0.15, -0.1) is 10.2 Å². The molecular weight excluding hydrogens is 328 g/mol. The highest BCUT2D eigenvalue weighted by Gasteiger charge is 2.00. The highest BCUT2D eigenvalue weighted by molar-refractivity contribution is 5.97. The second-order valence-electron chi connectivity index (χ2n) is 5.57. The second kappa shape index (κ2) is 9.77. The first-order chi connectivity index (χ1) is 12.6. The van der Waals surface area contributed by atoms with Crippen LogP contribution in [0, 0.1) is 0 Å². The summed E-state index contributed by atoms with van der Waals surface area (Å²) in [5.41, 5.74) is 14.6. The molecule has 0 bridgehead atoms. The van der Waals surface area contributed by atoms with Crippen molar-refractivity contribution in [3.05, 3.63) is 60.2 Å². The zero-order chi connectivity index (χ0) is 18.8. The van der Waals surface area contributed by atoms with Crippen molar-refractivity contribution in [2.75, 3.05) is 0 Å². The fourth-order valence-corrected chi connectivity index (χ4v) is 1.87. The topological polar surface area (TPSA) is 127 Å². The van der Waals surface area contributed by atoms with E-state index in [1.807, 2.05) is 38.1 Å². The Balaban J connectivity index is 1.90. The zero-order valence-corrected chi connectivity index (χ0v) is 14.9. The first-order valence-corrected chi connectivity index (χ1v) is 8.12. The Kier molecular flexibility index (Phi) is 7.11. The summed E-state index contributed by atoms with van der Waals surface area (Å²) < 4.78 is 0.